The van der Waals surface area contributed by atoms with Crippen LogP contribution in [0.4, 0.5) is 15.9 Å². The highest BCUT2D eigenvalue weighted by molar-refractivity contribution is 6.07. The van der Waals surface area contributed by atoms with Crippen LogP contribution in [0.2, 0.25) is 0 Å². The summed E-state index contributed by atoms with van der Waals surface area (Å²) in [5, 5.41) is 7.49. The second kappa shape index (κ2) is 8.59. The minimum absolute atomic E-state index is 0.0535. The first-order chi connectivity index (χ1) is 16.4. The summed E-state index contributed by atoms with van der Waals surface area (Å²) in [4.78, 5) is 26.9. The second-order valence-electron chi connectivity index (χ2n) is 8.29. The van der Waals surface area contributed by atoms with Gasteiger partial charge in [0, 0.05) is 30.3 Å². The summed E-state index contributed by atoms with van der Waals surface area (Å²) >= 11 is 0. The fourth-order valence-corrected chi connectivity index (χ4v) is 4.41. The topological polar surface area (TPSA) is 67.2 Å². The Hall–Kier alpha value is -4.26. The molecule has 0 fully saturated rings. The predicted octanol–water partition coefficient (Wildman–Crippen LogP) is 5.15. The first-order valence-electron chi connectivity index (χ1n) is 11.1. The van der Waals surface area contributed by atoms with Gasteiger partial charge in [-0.15, -0.1) is 0 Å². The normalized spacial score (nSPS) is 12.5. The van der Waals surface area contributed by atoms with E-state index in [9.17, 15) is 14.0 Å². The number of fused-ring (bicyclic) bond motifs is 1. The summed E-state index contributed by atoms with van der Waals surface area (Å²) in [5.74, 6) is -0.147. The quantitative estimate of drug-likeness (QED) is 0.464. The van der Waals surface area contributed by atoms with Gasteiger partial charge in [-0.3, -0.25) is 9.59 Å². The Morgan fingerprint density at radius 2 is 1.68 bits per heavy atom. The van der Waals surface area contributed by atoms with Crippen LogP contribution in [0.5, 0.6) is 0 Å². The summed E-state index contributed by atoms with van der Waals surface area (Å²) in [5.41, 5.74) is 5.54. The zero-order valence-electron chi connectivity index (χ0n) is 18.9. The molecule has 1 aromatic heterocycles. The van der Waals surface area contributed by atoms with E-state index in [4.69, 9.17) is 0 Å². The summed E-state index contributed by atoms with van der Waals surface area (Å²) in [7, 11) is 0. The third kappa shape index (κ3) is 3.85. The largest absolute Gasteiger partial charge is 0.310 e. The molecule has 5 rings (SSSR count). The molecule has 0 bridgehead atoms. The van der Waals surface area contributed by atoms with Crippen LogP contribution >= 0.6 is 0 Å². The van der Waals surface area contributed by atoms with Crippen LogP contribution in [0.25, 0.3) is 16.8 Å². The number of aryl methyl sites for hydroxylation is 1. The lowest BCUT2D eigenvalue weighted by molar-refractivity contribution is -0.114. The maximum atomic E-state index is 13.5. The maximum Gasteiger partial charge on any atom is 0.258 e. The van der Waals surface area contributed by atoms with Crippen molar-refractivity contribution in [2.45, 2.75) is 20.3 Å². The zero-order chi connectivity index (χ0) is 23.8. The highest BCUT2D eigenvalue weighted by Crippen LogP contribution is 2.34. The van der Waals surface area contributed by atoms with Crippen molar-refractivity contribution in [1.29, 1.82) is 0 Å². The number of rotatable bonds is 4. The van der Waals surface area contributed by atoms with E-state index in [1.807, 2.05) is 31.2 Å². The Morgan fingerprint density at radius 3 is 2.38 bits per heavy atom. The van der Waals surface area contributed by atoms with Crippen molar-refractivity contribution in [3.8, 4) is 16.8 Å². The second-order valence-corrected chi connectivity index (χ2v) is 8.29. The van der Waals surface area contributed by atoms with E-state index in [0.717, 1.165) is 17.7 Å². The molecule has 34 heavy (non-hydrogen) atoms. The van der Waals surface area contributed by atoms with Crippen molar-refractivity contribution in [3.63, 3.8) is 0 Å². The molecule has 170 valence electrons. The number of hydrogen-bond acceptors (Lipinski definition) is 3. The van der Waals surface area contributed by atoms with Crippen LogP contribution in [0, 0.1) is 12.7 Å². The van der Waals surface area contributed by atoms with Gasteiger partial charge >= 0.3 is 0 Å². The number of amides is 2. The third-order valence-corrected chi connectivity index (χ3v) is 5.98. The van der Waals surface area contributed by atoms with E-state index in [0.29, 0.717) is 34.9 Å². The van der Waals surface area contributed by atoms with Gasteiger partial charge in [-0.05, 0) is 66.9 Å². The summed E-state index contributed by atoms with van der Waals surface area (Å²) in [6, 6.07) is 21.2. The van der Waals surface area contributed by atoms with Crippen LogP contribution in [0.15, 0.2) is 72.8 Å². The molecule has 0 radical (unpaired) electrons. The number of aromatic nitrogens is 2. The number of hydrogen-bond donors (Lipinski definition) is 1. The molecule has 3 aromatic carbocycles. The van der Waals surface area contributed by atoms with Crippen molar-refractivity contribution in [3.05, 3.63) is 95.4 Å². The molecule has 6 nitrogen and oxygen atoms in total. The molecule has 7 heteroatoms. The molecule has 4 aromatic rings. The highest BCUT2D eigenvalue weighted by atomic mass is 19.1. The molecule has 0 unspecified atom stereocenters. The zero-order valence-corrected chi connectivity index (χ0v) is 18.9. The van der Waals surface area contributed by atoms with Gasteiger partial charge in [0.2, 0.25) is 5.91 Å². The number of halogens is 1. The van der Waals surface area contributed by atoms with Crippen molar-refractivity contribution < 1.29 is 14.0 Å². The smallest absolute Gasteiger partial charge is 0.258 e. The van der Waals surface area contributed by atoms with E-state index >= 15 is 0 Å². The van der Waals surface area contributed by atoms with E-state index in [1.165, 1.54) is 24.6 Å². The number of anilines is 2. The van der Waals surface area contributed by atoms with Crippen molar-refractivity contribution >= 4 is 23.3 Å². The number of para-hydroxylation sites is 1. The van der Waals surface area contributed by atoms with Crippen molar-refractivity contribution in [2.24, 2.45) is 0 Å². The number of benzene rings is 3. The number of carbonyl (C=O) groups excluding carboxylic acids is 2. The lowest BCUT2D eigenvalue weighted by Gasteiger charge is -2.17. The summed E-state index contributed by atoms with van der Waals surface area (Å²) < 4.78 is 15.1. The van der Waals surface area contributed by atoms with E-state index in [-0.39, 0.29) is 17.6 Å². The van der Waals surface area contributed by atoms with Crippen molar-refractivity contribution in [2.75, 3.05) is 16.8 Å². The standard InChI is InChI=1S/C27H23FN4O2/c1-17-25(20-7-11-22(28)12-8-20)26(29-18(2)33)32(30-17)23-13-9-21(10-14-23)27(34)31-16-15-19-5-3-4-6-24(19)31/h3-14H,15-16H2,1-2H3,(H,29,33). The van der Waals surface area contributed by atoms with E-state index in [2.05, 4.69) is 10.4 Å². The SMILES string of the molecule is CC(=O)Nc1c(-c2ccc(F)cc2)c(C)nn1-c1ccc(C(=O)N2CCc3ccccc32)cc1. The van der Waals surface area contributed by atoms with Crippen LogP contribution in [0.1, 0.15) is 28.5 Å². The molecule has 0 aliphatic carbocycles. The van der Waals surface area contributed by atoms with Gasteiger partial charge in [-0.2, -0.15) is 5.10 Å². The molecule has 0 saturated heterocycles. The number of carbonyl (C=O) groups is 2. The maximum absolute atomic E-state index is 13.5. The third-order valence-electron chi connectivity index (χ3n) is 5.98. The molecule has 1 N–H and O–H groups in total. The summed E-state index contributed by atoms with van der Waals surface area (Å²) in [6.07, 6.45) is 0.846. The fourth-order valence-electron chi connectivity index (χ4n) is 4.41. The van der Waals surface area contributed by atoms with Gasteiger partial charge in [-0.25, -0.2) is 9.07 Å². The molecule has 0 saturated carbocycles. The van der Waals surface area contributed by atoms with Gasteiger partial charge in [0.25, 0.3) is 5.91 Å². The number of nitrogens with one attached hydrogen (secondary N) is 1. The lowest BCUT2D eigenvalue weighted by atomic mass is 10.1. The minimum Gasteiger partial charge on any atom is -0.310 e. The molecule has 1 aliphatic heterocycles. The molecule has 2 heterocycles. The Bertz CT molecular complexity index is 1390. The average molecular weight is 455 g/mol. The van der Waals surface area contributed by atoms with Gasteiger partial charge < -0.3 is 10.2 Å². The number of nitrogens with zero attached hydrogens (tertiary/aromatic N) is 3. The first-order valence-corrected chi connectivity index (χ1v) is 11.1. The monoisotopic (exact) mass is 454 g/mol. The van der Waals surface area contributed by atoms with E-state index in [1.54, 1.807) is 46.0 Å². The summed E-state index contributed by atoms with van der Waals surface area (Å²) in [6.45, 7) is 3.92. The first kappa shape index (κ1) is 21.6. The van der Waals surface area contributed by atoms with Crippen LogP contribution < -0.4 is 10.2 Å². The molecular weight excluding hydrogens is 431 g/mol. The van der Waals surface area contributed by atoms with Gasteiger partial charge in [0.1, 0.15) is 11.6 Å². The van der Waals surface area contributed by atoms with E-state index < -0.39 is 0 Å². The minimum atomic E-state index is -0.337. The van der Waals surface area contributed by atoms with Gasteiger partial charge in [0.05, 0.1) is 11.4 Å². The van der Waals surface area contributed by atoms with Crippen molar-refractivity contribution in [1.82, 2.24) is 9.78 Å². The Morgan fingerprint density at radius 1 is 0.971 bits per heavy atom. The van der Waals surface area contributed by atoms with Gasteiger partial charge in [0.15, 0.2) is 0 Å². The molecular formula is C27H23FN4O2. The molecule has 0 spiro atoms. The predicted molar refractivity (Wildman–Crippen MR) is 130 cm³/mol. The van der Waals surface area contributed by atoms with Crippen LogP contribution in [0.3, 0.4) is 0 Å². The average Bonchev–Trinajstić information content (AvgIpc) is 3.40. The lowest BCUT2D eigenvalue weighted by Crippen LogP contribution is -2.28. The molecule has 0 atom stereocenters. The Balaban J connectivity index is 1.50. The van der Waals surface area contributed by atoms with Crippen LogP contribution in [-0.4, -0.2) is 28.1 Å². The molecule has 1 aliphatic rings. The fraction of sp³-hybridized carbons (Fsp3) is 0.148. The Kier molecular flexibility index (Phi) is 5.45. The van der Waals surface area contributed by atoms with Crippen LogP contribution in [-0.2, 0) is 11.2 Å². The Labute approximate surface area is 196 Å². The molecule has 2 amide bonds. The van der Waals surface area contributed by atoms with Gasteiger partial charge in [-0.1, -0.05) is 30.3 Å². The highest BCUT2D eigenvalue weighted by Gasteiger charge is 2.25.